The van der Waals surface area contributed by atoms with Gasteiger partial charge in [-0.2, -0.15) is 0 Å². The molecule has 0 N–H and O–H groups in total. The van der Waals surface area contributed by atoms with Crippen LogP contribution in [0.15, 0.2) is 109 Å². The summed E-state index contributed by atoms with van der Waals surface area (Å²) in [6.07, 6.45) is 4.63. The van der Waals surface area contributed by atoms with Crippen LogP contribution in [0.1, 0.15) is 23.1 Å². The molecule has 2 bridgehead atoms. The molecular weight excluding hydrogens is 524 g/mol. The van der Waals surface area contributed by atoms with Gasteiger partial charge < -0.3 is 0 Å². The van der Waals surface area contributed by atoms with Crippen molar-refractivity contribution in [2.75, 3.05) is 0 Å². The summed E-state index contributed by atoms with van der Waals surface area (Å²) in [4.78, 5) is 59.0. The number of rotatable bonds is 5. The summed E-state index contributed by atoms with van der Waals surface area (Å²) in [5.74, 6) is -3.48. The summed E-state index contributed by atoms with van der Waals surface area (Å²) in [5.41, 5.74) is 4.99. The van der Waals surface area contributed by atoms with Gasteiger partial charge in [-0.15, -0.1) is 0 Å². The highest BCUT2D eigenvalue weighted by atomic mass is 16.2. The molecule has 0 radical (unpaired) electrons. The molecule has 3 aromatic rings. The lowest BCUT2D eigenvalue weighted by Gasteiger charge is -2.51. The van der Waals surface area contributed by atoms with Crippen LogP contribution < -0.4 is 0 Å². The predicted molar refractivity (Wildman–Crippen MR) is 156 cm³/mol. The zero-order chi connectivity index (χ0) is 28.5. The first kappa shape index (κ1) is 25.2. The molecule has 6 aliphatic rings. The maximum absolute atomic E-state index is 14.2. The van der Waals surface area contributed by atoms with Gasteiger partial charge in [0, 0.05) is 11.8 Å². The number of fused-ring (bicyclic) bond motifs is 1. The number of likely N-dealkylation sites (tertiary alicyclic amines) is 2. The maximum atomic E-state index is 14.2. The Labute approximate surface area is 244 Å². The van der Waals surface area contributed by atoms with E-state index in [1.807, 2.05) is 78.9 Å². The van der Waals surface area contributed by atoms with Gasteiger partial charge >= 0.3 is 0 Å². The van der Waals surface area contributed by atoms with Crippen LogP contribution >= 0.6 is 0 Å². The Kier molecular flexibility index (Phi) is 5.68. The Bertz CT molecular complexity index is 1680. The molecule has 9 rings (SSSR count). The largest absolute Gasteiger partial charge is 0.278 e. The van der Waals surface area contributed by atoms with Gasteiger partial charge in [-0.05, 0) is 34.6 Å². The first-order valence-electron chi connectivity index (χ1n) is 14.8. The third-order valence-electron chi connectivity index (χ3n) is 10.2. The average molecular weight is 555 g/mol. The van der Waals surface area contributed by atoms with E-state index in [-0.39, 0.29) is 54.5 Å². The van der Waals surface area contributed by atoms with E-state index in [0.29, 0.717) is 6.42 Å². The van der Waals surface area contributed by atoms with E-state index in [1.54, 1.807) is 0 Å². The molecule has 0 aromatic heterocycles. The molecule has 1 saturated carbocycles. The summed E-state index contributed by atoms with van der Waals surface area (Å²) in [7, 11) is 0. The molecular formula is C36H30N2O4. The monoisotopic (exact) mass is 554 g/mol. The Morgan fingerprint density at radius 3 is 1.69 bits per heavy atom. The van der Waals surface area contributed by atoms with E-state index in [4.69, 9.17) is 0 Å². The third kappa shape index (κ3) is 3.57. The van der Waals surface area contributed by atoms with Crippen molar-refractivity contribution in [1.82, 2.24) is 9.80 Å². The molecule has 2 aliphatic heterocycles. The number of hydrogen-bond donors (Lipinski definition) is 0. The Morgan fingerprint density at radius 2 is 1.07 bits per heavy atom. The van der Waals surface area contributed by atoms with Crippen LogP contribution in [0.3, 0.4) is 0 Å². The van der Waals surface area contributed by atoms with E-state index in [1.165, 1.54) is 9.80 Å². The number of amides is 4. The van der Waals surface area contributed by atoms with Crippen molar-refractivity contribution >= 4 is 29.2 Å². The third-order valence-corrected chi connectivity index (χ3v) is 10.2. The number of benzene rings is 3. The van der Waals surface area contributed by atoms with Crippen LogP contribution in [0.4, 0.5) is 0 Å². The quantitative estimate of drug-likeness (QED) is 0.333. The van der Waals surface area contributed by atoms with E-state index >= 15 is 0 Å². The SMILES string of the molecule is O=C1[C@H]2[C@@H]3C=C[C@H](C4=C(c5ccccc5)C[C@@H]5C(=O)N(Cc6ccccc6)C(=O)[C@H]5[C@H]43)[C@H]2C(=O)N1Cc1ccccc1. The van der Waals surface area contributed by atoms with Crippen molar-refractivity contribution < 1.29 is 19.2 Å². The molecule has 6 nitrogen and oxygen atoms in total. The highest BCUT2D eigenvalue weighted by molar-refractivity contribution is 6.09. The second-order valence-electron chi connectivity index (χ2n) is 12.2. The average Bonchev–Trinajstić information content (AvgIpc) is 3.43. The Morgan fingerprint density at radius 1 is 0.548 bits per heavy atom. The smallest absolute Gasteiger partial charge is 0.234 e. The van der Waals surface area contributed by atoms with E-state index < -0.39 is 23.7 Å². The fourth-order valence-corrected chi connectivity index (χ4v) is 8.49. The van der Waals surface area contributed by atoms with Gasteiger partial charge in [0.1, 0.15) is 0 Å². The lowest BCUT2D eigenvalue weighted by atomic mass is 9.49. The number of carbonyl (C=O) groups is 4. The predicted octanol–water partition coefficient (Wildman–Crippen LogP) is 4.88. The van der Waals surface area contributed by atoms with E-state index in [2.05, 4.69) is 24.3 Å². The van der Waals surface area contributed by atoms with Gasteiger partial charge in [0.2, 0.25) is 23.6 Å². The molecule has 2 heterocycles. The topological polar surface area (TPSA) is 74.8 Å². The molecule has 2 saturated heterocycles. The van der Waals surface area contributed by atoms with Crippen LogP contribution in [0.5, 0.6) is 0 Å². The second-order valence-corrected chi connectivity index (χ2v) is 12.2. The van der Waals surface area contributed by atoms with Crippen LogP contribution in [0.25, 0.3) is 5.57 Å². The van der Waals surface area contributed by atoms with Crippen molar-refractivity contribution in [1.29, 1.82) is 0 Å². The number of hydrogen-bond acceptors (Lipinski definition) is 4. The normalized spacial score (nSPS) is 31.1. The van der Waals surface area contributed by atoms with Gasteiger partial charge in [0.25, 0.3) is 0 Å². The highest BCUT2D eigenvalue weighted by Gasteiger charge is 2.66. The molecule has 7 atom stereocenters. The zero-order valence-corrected chi connectivity index (χ0v) is 23.0. The van der Waals surface area contributed by atoms with Gasteiger partial charge in [-0.1, -0.05) is 109 Å². The van der Waals surface area contributed by atoms with Gasteiger partial charge in [0.15, 0.2) is 0 Å². The summed E-state index contributed by atoms with van der Waals surface area (Å²) >= 11 is 0. The number of allylic oxidation sites excluding steroid dienone is 4. The summed E-state index contributed by atoms with van der Waals surface area (Å²) in [5, 5.41) is 0. The Hall–Kier alpha value is -4.58. The number of nitrogens with zero attached hydrogens (tertiary/aromatic N) is 2. The fourth-order valence-electron chi connectivity index (χ4n) is 8.49. The minimum atomic E-state index is -0.534. The van der Waals surface area contributed by atoms with Crippen LogP contribution in [0, 0.1) is 41.4 Å². The molecule has 208 valence electrons. The number of carbonyl (C=O) groups excluding carboxylic acids is 4. The van der Waals surface area contributed by atoms with Crippen molar-refractivity contribution in [2.45, 2.75) is 19.5 Å². The molecule has 4 aliphatic carbocycles. The van der Waals surface area contributed by atoms with Gasteiger partial charge in [-0.25, -0.2) is 0 Å². The highest BCUT2D eigenvalue weighted by Crippen LogP contribution is 2.63. The van der Waals surface area contributed by atoms with E-state index in [9.17, 15) is 19.2 Å². The lowest BCUT2D eigenvalue weighted by Crippen LogP contribution is -2.51. The maximum Gasteiger partial charge on any atom is 0.234 e. The van der Waals surface area contributed by atoms with E-state index in [0.717, 1.165) is 27.8 Å². The molecule has 0 spiro atoms. The second kappa shape index (κ2) is 9.48. The zero-order valence-electron chi connectivity index (χ0n) is 23.0. The fraction of sp³-hybridized carbons (Fsp3) is 0.278. The molecule has 3 aromatic carbocycles. The molecule has 3 fully saturated rings. The van der Waals surface area contributed by atoms with Crippen molar-refractivity contribution in [2.24, 2.45) is 41.4 Å². The van der Waals surface area contributed by atoms with Gasteiger partial charge in [-0.3, -0.25) is 29.0 Å². The van der Waals surface area contributed by atoms with Gasteiger partial charge in [0.05, 0.1) is 36.8 Å². The molecule has 4 amide bonds. The summed E-state index contributed by atoms with van der Waals surface area (Å²) in [6, 6.07) is 29.2. The molecule has 0 unspecified atom stereocenters. The minimum absolute atomic E-state index is 0.131. The van der Waals surface area contributed by atoms with Crippen molar-refractivity contribution in [3.05, 3.63) is 125 Å². The first-order chi connectivity index (χ1) is 20.5. The summed E-state index contributed by atoms with van der Waals surface area (Å²) < 4.78 is 0. The Balaban J connectivity index is 1.23. The standard InChI is InChI=1S/C36H30N2O4/c39-33-27-18-26(23-14-8-3-9-15-23)28-24-16-17-25(29(28)32(27)36(42)37(33)19-21-10-4-1-5-11-21)31-30(24)34(40)38(35(31)41)20-22-12-6-2-7-13-22/h1-17,24-25,27,29-32H,18-20H2/t24-,25-,27+,29+,30-,31+,32-/m1/s1. The number of imide groups is 2. The molecule has 42 heavy (non-hydrogen) atoms. The van der Waals surface area contributed by atoms with Crippen LogP contribution in [-0.2, 0) is 32.3 Å². The van der Waals surface area contributed by atoms with Crippen LogP contribution in [0.2, 0.25) is 0 Å². The minimum Gasteiger partial charge on any atom is -0.278 e. The van der Waals surface area contributed by atoms with Crippen molar-refractivity contribution in [3.8, 4) is 0 Å². The van der Waals surface area contributed by atoms with Crippen LogP contribution in [-0.4, -0.2) is 33.4 Å². The lowest BCUT2D eigenvalue weighted by molar-refractivity contribution is -0.143. The molecule has 6 heteroatoms. The van der Waals surface area contributed by atoms with Crippen molar-refractivity contribution in [3.63, 3.8) is 0 Å². The first-order valence-corrected chi connectivity index (χ1v) is 14.8. The summed E-state index contributed by atoms with van der Waals surface area (Å²) in [6.45, 7) is 0.487.